The number of piperidine rings is 1. The molecule has 2 aliphatic rings. The summed E-state index contributed by atoms with van der Waals surface area (Å²) in [6, 6.07) is 8.34. The quantitative estimate of drug-likeness (QED) is 0.308. The molecule has 25 heavy (non-hydrogen) atoms. The Labute approximate surface area is 168 Å². The van der Waals surface area contributed by atoms with E-state index in [1.807, 2.05) is 18.2 Å². The van der Waals surface area contributed by atoms with Gasteiger partial charge in [-0.05, 0) is 50.9 Å². The molecule has 1 atom stereocenters. The SMILES string of the molecule is CC1CCN(CCCN=C(N)NC2CCOc3ccccc32)CC1.I. The molecular formula is C19H31IN4O. The number of ether oxygens (including phenoxy) is 1. The fraction of sp³-hybridized carbons (Fsp3) is 0.632. The van der Waals surface area contributed by atoms with Crippen molar-refractivity contribution in [2.75, 3.05) is 32.8 Å². The van der Waals surface area contributed by atoms with Crippen molar-refractivity contribution in [3.63, 3.8) is 0 Å². The molecule has 3 N–H and O–H groups in total. The number of likely N-dealkylation sites (tertiary alicyclic amines) is 1. The molecule has 0 spiro atoms. The second kappa shape index (κ2) is 10.2. The molecule has 0 aromatic heterocycles. The van der Waals surface area contributed by atoms with E-state index in [0.717, 1.165) is 44.2 Å². The monoisotopic (exact) mass is 458 g/mol. The van der Waals surface area contributed by atoms with Crippen LogP contribution in [0.25, 0.3) is 0 Å². The number of fused-ring (bicyclic) bond motifs is 1. The van der Waals surface area contributed by atoms with Crippen molar-refractivity contribution in [1.82, 2.24) is 10.2 Å². The molecule has 140 valence electrons. The average molecular weight is 458 g/mol. The first kappa shape index (κ1) is 20.3. The van der Waals surface area contributed by atoms with Crippen LogP contribution >= 0.6 is 24.0 Å². The summed E-state index contributed by atoms with van der Waals surface area (Å²) in [6.07, 6.45) is 4.65. The number of rotatable bonds is 5. The Morgan fingerprint density at radius 3 is 2.84 bits per heavy atom. The molecule has 6 heteroatoms. The van der Waals surface area contributed by atoms with Gasteiger partial charge < -0.3 is 20.7 Å². The topological polar surface area (TPSA) is 62.9 Å². The third-order valence-electron chi connectivity index (χ3n) is 5.07. The highest BCUT2D eigenvalue weighted by Crippen LogP contribution is 2.31. The van der Waals surface area contributed by atoms with Gasteiger partial charge in [0.05, 0.1) is 12.6 Å². The maximum absolute atomic E-state index is 6.08. The third-order valence-corrected chi connectivity index (χ3v) is 5.07. The van der Waals surface area contributed by atoms with Crippen LogP contribution in [0.15, 0.2) is 29.3 Å². The molecule has 3 rings (SSSR count). The van der Waals surface area contributed by atoms with E-state index in [-0.39, 0.29) is 30.0 Å². The number of aliphatic imine (C=N–C) groups is 1. The molecule has 1 aromatic carbocycles. The lowest BCUT2D eigenvalue weighted by Gasteiger charge is -2.30. The standard InChI is InChI=1S/C19H30N4O.HI/c1-15-7-12-23(13-8-15)11-4-10-21-19(20)22-17-9-14-24-18-6-3-2-5-16(17)18;/h2-3,5-6,15,17H,4,7-14H2,1H3,(H3,20,21,22);1H. The van der Waals surface area contributed by atoms with Crippen LogP contribution in [0.5, 0.6) is 5.75 Å². The molecule has 1 saturated heterocycles. The number of nitrogens with two attached hydrogens (primary N) is 1. The van der Waals surface area contributed by atoms with Crippen LogP contribution in [-0.2, 0) is 0 Å². The molecule has 0 aliphatic carbocycles. The molecule has 0 saturated carbocycles. The van der Waals surface area contributed by atoms with Crippen LogP contribution in [0, 0.1) is 5.92 Å². The van der Waals surface area contributed by atoms with Gasteiger partial charge >= 0.3 is 0 Å². The van der Waals surface area contributed by atoms with Crippen molar-refractivity contribution >= 4 is 29.9 Å². The molecule has 1 aromatic rings. The lowest BCUT2D eigenvalue weighted by molar-refractivity contribution is 0.192. The van der Waals surface area contributed by atoms with Crippen molar-refractivity contribution in [3.05, 3.63) is 29.8 Å². The van der Waals surface area contributed by atoms with Crippen molar-refractivity contribution in [2.45, 2.75) is 38.6 Å². The summed E-state index contributed by atoms with van der Waals surface area (Å²) in [4.78, 5) is 7.06. The highest BCUT2D eigenvalue weighted by Gasteiger charge is 2.21. The number of benzene rings is 1. The maximum Gasteiger partial charge on any atom is 0.189 e. The number of hydrogen-bond acceptors (Lipinski definition) is 3. The van der Waals surface area contributed by atoms with E-state index in [2.05, 4.69) is 28.2 Å². The first-order valence-electron chi connectivity index (χ1n) is 9.23. The van der Waals surface area contributed by atoms with Gasteiger partial charge in [0.2, 0.25) is 0 Å². The number of hydrogen-bond donors (Lipinski definition) is 2. The van der Waals surface area contributed by atoms with Gasteiger partial charge in [-0.1, -0.05) is 25.1 Å². The molecule has 1 unspecified atom stereocenters. The van der Waals surface area contributed by atoms with Crippen LogP contribution in [0.4, 0.5) is 0 Å². The van der Waals surface area contributed by atoms with Gasteiger partial charge in [0.25, 0.3) is 0 Å². The van der Waals surface area contributed by atoms with Crippen LogP contribution in [0.1, 0.15) is 44.2 Å². The van der Waals surface area contributed by atoms with Crippen molar-refractivity contribution < 1.29 is 4.74 Å². The molecule has 5 nitrogen and oxygen atoms in total. The van der Waals surface area contributed by atoms with Gasteiger partial charge in [0, 0.05) is 18.5 Å². The summed E-state index contributed by atoms with van der Waals surface area (Å²) in [5, 5.41) is 3.35. The molecular weight excluding hydrogens is 427 g/mol. The minimum Gasteiger partial charge on any atom is -0.493 e. The van der Waals surface area contributed by atoms with E-state index in [4.69, 9.17) is 10.5 Å². The Hall–Kier alpha value is -1.02. The largest absolute Gasteiger partial charge is 0.493 e. The van der Waals surface area contributed by atoms with E-state index < -0.39 is 0 Å². The minimum absolute atomic E-state index is 0. The lowest BCUT2D eigenvalue weighted by atomic mass is 9.99. The van der Waals surface area contributed by atoms with E-state index in [0.29, 0.717) is 5.96 Å². The predicted octanol–water partition coefficient (Wildman–Crippen LogP) is 3.15. The Balaban J connectivity index is 0.00000225. The first-order valence-corrected chi connectivity index (χ1v) is 9.23. The van der Waals surface area contributed by atoms with E-state index >= 15 is 0 Å². The minimum atomic E-state index is 0. The highest BCUT2D eigenvalue weighted by atomic mass is 127. The molecule has 0 amide bonds. The van der Waals surface area contributed by atoms with Crippen molar-refractivity contribution in [3.8, 4) is 5.75 Å². The van der Waals surface area contributed by atoms with E-state index in [1.165, 1.54) is 31.5 Å². The second-order valence-corrected chi connectivity index (χ2v) is 7.02. The summed E-state index contributed by atoms with van der Waals surface area (Å²) >= 11 is 0. The smallest absolute Gasteiger partial charge is 0.189 e. The number of para-hydroxylation sites is 1. The molecule has 2 aliphatic heterocycles. The average Bonchev–Trinajstić information content (AvgIpc) is 2.61. The highest BCUT2D eigenvalue weighted by molar-refractivity contribution is 14.0. The summed E-state index contributed by atoms with van der Waals surface area (Å²) in [5.74, 6) is 2.39. The number of nitrogens with one attached hydrogen (secondary N) is 1. The number of guanidine groups is 1. The Kier molecular flexibility index (Phi) is 8.29. The van der Waals surface area contributed by atoms with Gasteiger partial charge in [-0.25, -0.2) is 0 Å². The van der Waals surface area contributed by atoms with Gasteiger partial charge in [-0.2, -0.15) is 0 Å². The zero-order chi connectivity index (χ0) is 16.8. The molecule has 1 fully saturated rings. The van der Waals surface area contributed by atoms with Crippen LogP contribution in [0.2, 0.25) is 0 Å². The predicted molar refractivity (Wildman–Crippen MR) is 114 cm³/mol. The van der Waals surface area contributed by atoms with Gasteiger partial charge in [-0.3, -0.25) is 4.99 Å². The summed E-state index contributed by atoms with van der Waals surface area (Å²) in [7, 11) is 0. The lowest BCUT2D eigenvalue weighted by Crippen LogP contribution is -2.37. The maximum atomic E-state index is 6.08. The van der Waals surface area contributed by atoms with E-state index in [9.17, 15) is 0 Å². The first-order chi connectivity index (χ1) is 11.7. The normalized spacial score (nSPS) is 21.8. The van der Waals surface area contributed by atoms with Gasteiger partial charge in [0.1, 0.15) is 5.75 Å². The zero-order valence-corrected chi connectivity index (χ0v) is 17.4. The molecule has 2 heterocycles. The van der Waals surface area contributed by atoms with E-state index in [1.54, 1.807) is 0 Å². The fourth-order valence-corrected chi connectivity index (χ4v) is 3.50. The summed E-state index contributed by atoms with van der Waals surface area (Å²) in [5.41, 5.74) is 7.25. The fourth-order valence-electron chi connectivity index (χ4n) is 3.50. The van der Waals surface area contributed by atoms with Crippen LogP contribution < -0.4 is 15.8 Å². The van der Waals surface area contributed by atoms with Crippen molar-refractivity contribution in [2.24, 2.45) is 16.6 Å². The molecule has 0 radical (unpaired) electrons. The number of halogens is 1. The zero-order valence-electron chi connectivity index (χ0n) is 15.1. The number of nitrogens with zero attached hydrogens (tertiary/aromatic N) is 2. The Bertz CT molecular complexity index is 558. The van der Waals surface area contributed by atoms with Crippen LogP contribution in [0.3, 0.4) is 0 Å². The molecule has 0 bridgehead atoms. The van der Waals surface area contributed by atoms with Crippen molar-refractivity contribution in [1.29, 1.82) is 0 Å². The Morgan fingerprint density at radius 1 is 1.28 bits per heavy atom. The second-order valence-electron chi connectivity index (χ2n) is 7.02. The Morgan fingerprint density at radius 2 is 2.04 bits per heavy atom. The summed E-state index contributed by atoms with van der Waals surface area (Å²) < 4.78 is 5.68. The summed E-state index contributed by atoms with van der Waals surface area (Å²) in [6.45, 7) is 7.45. The van der Waals surface area contributed by atoms with Crippen LogP contribution in [-0.4, -0.2) is 43.6 Å². The van der Waals surface area contributed by atoms with Gasteiger partial charge in [0.15, 0.2) is 5.96 Å². The third kappa shape index (κ3) is 6.02. The van der Waals surface area contributed by atoms with Gasteiger partial charge in [-0.15, -0.1) is 24.0 Å².